The lowest BCUT2D eigenvalue weighted by atomic mass is 10.3. The molecule has 0 saturated carbocycles. The largest absolute Gasteiger partial charge is 0.454 e. The van der Waals surface area contributed by atoms with Gasteiger partial charge in [0, 0.05) is 19.3 Å². The van der Waals surface area contributed by atoms with Crippen molar-refractivity contribution >= 4 is 15.7 Å². The highest BCUT2D eigenvalue weighted by molar-refractivity contribution is 7.92. The summed E-state index contributed by atoms with van der Waals surface area (Å²) in [6.45, 7) is 1.79. The Morgan fingerprint density at radius 1 is 1.30 bits per heavy atom. The number of aromatic nitrogens is 2. The Bertz CT molecular complexity index is 767. The predicted octanol–water partition coefficient (Wildman–Crippen LogP) is 1.26. The van der Waals surface area contributed by atoms with Gasteiger partial charge in [0.1, 0.15) is 4.90 Å². The van der Waals surface area contributed by atoms with Crippen LogP contribution in [0.25, 0.3) is 0 Å². The molecule has 0 saturated heterocycles. The van der Waals surface area contributed by atoms with E-state index in [4.69, 9.17) is 9.47 Å². The number of rotatable bonds is 3. The summed E-state index contributed by atoms with van der Waals surface area (Å²) in [5.74, 6) is 1.12. The van der Waals surface area contributed by atoms with Gasteiger partial charge in [-0.3, -0.25) is 9.40 Å². The van der Waals surface area contributed by atoms with Gasteiger partial charge in [-0.05, 0) is 19.1 Å². The summed E-state index contributed by atoms with van der Waals surface area (Å²) in [4.78, 5) is 0.151. The monoisotopic (exact) mass is 295 g/mol. The number of aryl methyl sites for hydroxylation is 2. The van der Waals surface area contributed by atoms with Gasteiger partial charge in [0.05, 0.1) is 11.4 Å². The number of sulfonamides is 1. The molecule has 2 aromatic rings. The van der Waals surface area contributed by atoms with Crippen LogP contribution in [-0.4, -0.2) is 25.0 Å². The summed E-state index contributed by atoms with van der Waals surface area (Å²) < 4.78 is 39.0. The van der Waals surface area contributed by atoms with Gasteiger partial charge in [0.2, 0.25) is 6.79 Å². The zero-order chi connectivity index (χ0) is 14.3. The second-order valence-corrected chi connectivity index (χ2v) is 6.08. The highest BCUT2D eigenvalue weighted by atomic mass is 32.2. The van der Waals surface area contributed by atoms with E-state index in [9.17, 15) is 8.42 Å². The van der Waals surface area contributed by atoms with Crippen molar-refractivity contribution in [1.29, 1.82) is 0 Å². The first-order valence-corrected chi connectivity index (χ1v) is 7.37. The van der Waals surface area contributed by atoms with Gasteiger partial charge >= 0.3 is 0 Å². The average Bonchev–Trinajstić information content (AvgIpc) is 2.94. The zero-order valence-electron chi connectivity index (χ0n) is 11.0. The first kappa shape index (κ1) is 12.8. The fraction of sp³-hybridized carbons (Fsp3) is 0.250. The predicted molar refractivity (Wildman–Crippen MR) is 71.3 cm³/mol. The maximum atomic E-state index is 12.3. The molecular formula is C12H13N3O4S. The van der Waals surface area contributed by atoms with Gasteiger partial charge in [-0.15, -0.1) is 0 Å². The third kappa shape index (κ3) is 2.18. The smallest absolute Gasteiger partial charge is 0.265 e. The van der Waals surface area contributed by atoms with Crippen LogP contribution >= 0.6 is 0 Å². The summed E-state index contributed by atoms with van der Waals surface area (Å²) in [7, 11) is -2.00. The highest BCUT2D eigenvalue weighted by Crippen LogP contribution is 2.34. The van der Waals surface area contributed by atoms with Crippen LogP contribution < -0.4 is 14.2 Å². The fourth-order valence-electron chi connectivity index (χ4n) is 2.01. The Labute approximate surface area is 116 Å². The van der Waals surface area contributed by atoms with Crippen molar-refractivity contribution in [2.24, 2.45) is 7.05 Å². The summed E-state index contributed by atoms with van der Waals surface area (Å²) in [6.07, 6.45) is 1.46. The number of hydrogen-bond acceptors (Lipinski definition) is 5. The fourth-order valence-corrected chi connectivity index (χ4v) is 3.28. The highest BCUT2D eigenvalue weighted by Gasteiger charge is 2.21. The van der Waals surface area contributed by atoms with Gasteiger partial charge in [-0.1, -0.05) is 0 Å². The first-order valence-electron chi connectivity index (χ1n) is 5.88. The van der Waals surface area contributed by atoms with E-state index < -0.39 is 10.0 Å². The van der Waals surface area contributed by atoms with Gasteiger partial charge in [-0.25, -0.2) is 8.42 Å². The summed E-state index contributed by atoms with van der Waals surface area (Å²) in [5.41, 5.74) is 0.859. The molecular weight excluding hydrogens is 282 g/mol. The quantitative estimate of drug-likeness (QED) is 0.921. The summed E-state index contributed by atoms with van der Waals surface area (Å²) >= 11 is 0. The molecule has 20 heavy (non-hydrogen) atoms. The molecule has 0 spiro atoms. The minimum atomic E-state index is -3.67. The Hall–Kier alpha value is -2.22. The average molecular weight is 295 g/mol. The zero-order valence-corrected chi connectivity index (χ0v) is 11.8. The lowest BCUT2D eigenvalue weighted by Crippen LogP contribution is -2.13. The number of nitrogens with zero attached hydrogens (tertiary/aromatic N) is 2. The van der Waals surface area contributed by atoms with Crippen molar-refractivity contribution in [1.82, 2.24) is 9.78 Å². The van der Waals surface area contributed by atoms with Crippen LogP contribution in [0.2, 0.25) is 0 Å². The number of fused-ring (bicyclic) bond motifs is 1. The molecule has 0 unspecified atom stereocenters. The molecule has 1 N–H and O–H groups in total. The molecule has 1 aromatic heterocycles. The minimum absolute atomic E-state index is 0.146. The molecule has 106 valence electrons. The Morgan fingerprint density at radius 3 is 2.75 bits per heavy atom. The normalized spacial score (nSPS) is 13.5. The third-order valence-electron chi connectivity index (χ3n) is 2.88. The Kier molecular flexibility index (Phi) is 2.82. The number of hydrogen-bond donors (Lipinski definition) is 1. The van der Waals surface area contributed by atoms with Gasteiger partial charge < -0.3 is 9.47 Å². The molecule has 7 nitrogen and oxygen atoms in total. The van der Waals surface area contributed by atoms with E-state index >= 15 is 0 Å². The lowest BCUT2D eigenvalue weighted by molar-refractivity contribution is 0.174. The van der Waals surface area contributed by atoms with Crippen molar-refractivity contribution in [3.63, 3.8) is 0 Å². The molecule has 2 heterocycles. The number of nitrogens with one attached hydrogen (secondary N) is 1. The SMILES string of the molecule is Cc1nn(C)cc1S(=O)(=O)Nc1ccc2c(c1)OCO2. The van der Waals surface area contributed by atoms with Crippen LogP contribution in [0.4, 0.5) is 5.69 Å². The molecule has 1 aromatic carbocycles. The molecule has 0 amide bonds. The van der Waals surface area contributed by atoms with Crippen molar-refractivity contribution in [3.8, 4) is 11.5 Å². The molecule has 0 radical (unpaired) electrons. The van der Waals surface area contributed by atoms with Crippen LogP contribution in [0, 0.1) is 6.92 Å². The van der Waals surface area contributed by atoms with E-state index in [-0.39, 0.29) is 11.7 Å². The van der Waals surface area contributed by atoms with Crippen molar-refractivity contribution in [2.75, 3.05) is 11.5 Å². The molecule has 0 fully saturated rings. The van der Waals surface area contributed by atoms with Crippen molar-refractivity contribution in [2.45, 2.75) is 11.8 Å². The van der Waals surface area contributed by atoms with E-state index in [0.717, 1.165) is 0 Å². The van der Waals surface area contributed by atoms with E-state index in [1.54, 1.807) is 32.2 Å². The minimum Gasteiger partial charge on any atom is -0.454 e. The number of ether oxygens (including phenoxy) is 2. The lowest BCUT2D eigenvalue weighted by Gasteiger charge is -2.07. The Balaban J connectivity index is 1.92. The second kappa shape index (κ2) is 4.41. The van der Waals surface area contributed by atoms with Crippen molar-refractivity contribution < 1.29 is 17.9 Å². The molecule has 0 atom stereocenters. The van der Waals surface area contributed by atoms with Gasteiger partial charge in [-0.2, -0.15) is 5.10 Å². The Morgan fingerprint density at radius 2 is 2.05 bits per heavy atom. The van der Waals surface area contributed by atoms with Crippen molar-refractivity contribution in [3.05, 3.63) is 30.1 Å². The van der Waals surface area contributed by atoms with Gasteiger partial charge in [0.25, 0.3) is 10.0 Å². The number of anilines is 1. The molecule has 0 bridgehead atoms. The first-order chi connectivity index (χ1) is 9.45. The van der Waals surface area contributed by atoms with E-state index in [2.05, 4.69) is 9.82 Å². The summed E-state index contributed by atoms with van der Waals surface area (Å²) in [6, 6.07) is 4.87. The van der Waals surface area contributed by atoms with Crippen LogP contribution in [0.15, 0.2) is 29.3 Å². The third-order valence-corrected chi connectivity index (χ3v) is 4.37. The van der Waals surface area contributed by atoms with E-state index in [1.807, 2.05) is 0 Å². The molecule has 1 aliphatic rings. The van der Waals surface area contributed by atoms with Crippen LogP contribution in [-0.2, 0) is 17.1 Å². The molecule has 8 heteroatoms. The van der Waals surface area contributed by atoms with E-state index in [1.165, 1.54) is 10.9 Å². The molecule has 1 aliphatic heterocycles. The molecule has 0 aliphatic carbocycles. The topological polar surface area (TPSA) is 82.5 Å². The van der Waals surface area contributed by atoms with Gasteiger partial charge in [0.15, 0.2) is 11.5 Å². The van der Waals surface area contributed by atoms with Crippen LogP contribution in [0.3, 0.4) is 0 Å². The number of benzene rings is 1. The standard InChI is InChI=1S/C12H13N3O4S/c1-8-12(6-15(2)13-8)20(16,17)14-9-3-4-10-11(5-9)19-7-18-10/h3-6,14H,7H2,1-2H3. The summed E-state index contributed by atoms with van der Waals surface area (Å²) in [5, 5.41) is 4.03. The maximum Gasteiger partial charge on any atom is 0.265 e. The second-order valence-electron chi connectivity index (χ2n) is 4.43. The van der Waals surface area contributed by atoms with E-state index in [0.29, 0.717) is 22.9 Å². The van der Waals surface area contributed by atoms with Crippen LogP contribution in [0.1, 0.15) is 5.69 Å². The maximum absolute atomic E-state index is 12.3. The molecule has 3 rings (SSSR count). The van der Waals surface area contributed by atoms with Crippen LogP contribution in [0.5, 0.6) is 11.5 Å².